The fraction of sp³-hybridized carbons (Fsp3) is 0.750. The van der Waals surface area contributed by atoms with Gasteiger partial charge < -0.3 is 4.74 Å². The largest absolute Gasteiger partial charge is 0.380 e. The van der Waals surface area contributed by atoms with Crippen molar-refractivity contribution < 1.29 is 4.74 Å². The fourth-order valence-corrected chi connectivity index (χ4v) is 1.22. The summed E-state index contributed by atoms with van der Waals surface area (Å²) in [5.74, 6) is 0. The average Bonchev–Trinajstić information content (AvgIpc) is 2.38. The van der Waals surface area contributed by atoms with Gasteiger partial charge in [-0.3, -0.25) is 4.90 Å². The van der Waals surface area contributed by atoms with Crippen LogP contribution in [0.1, 0.15) is 6.42 Å². The minimum absolute atomic E-state index is 0.623. The molecule has 1 rings (SSSR count). The molecule has 1 unspecified atom stereocenters. The molecule has 2 heteroatoms. The molecule has 1 aliphatic heterocycles. The molecule has 0 aromatic heterocycles. The van der Waals surface area contributed by atoms with Crippen molar-refractivity contribution in [3.63, 3.8) is 0 Å². The first kappa shape index (κ1) is 7.76. The highest BCUT2D eigenvalue weighted by Crippen LogP contribution is 2.09. The summed E-state index contributed by atoms with van der Waals surface area (Å²) < 4.78 is 5.25. The Morgan fingerprint density at radius 2 is 2.60 bits per heavy atom. The lowest BCUT2D eigenvalue weighted by Crippen LogP contribution is -2.31. The van der Waals surface area contributed by atoms with Gasteiger partial charge in [0, 0.05) is 19.2 Å². The topological polar surface area (TPSA) is 12.5 Å². The number of ether oxygens (including phenoxy) is 1. The third-order valence-corrected chi connectivity index (χ3v) is 1.95. The van der Waals surface area contributed by atoms with Crippen LogP contribution in [0.4, 0.5) is 0 Å². The Balaban J connectivity index is 2.24. The van der Waals surface area contributed by atoms with Crippen molar-refractivity contribution in [3.05, 3.63) is 12.7 Å². The number of hydrogen-bond donors (Lipinski definition) is 0. The molecule has 0 aromatic rings. The second-order valence-electron chi connectivity index (χ2n) is 2.75. The summed E-state index contributed by atoms with van der Waals surface area (Å²) in [4.78, 5) is 2.28. The van der Waals surface area contributed by atoms with Gasteiger partial charge in [-0.25, -0.2) is 0 Å². The zero-order chi connectivity index (χ0) is 7.40. The van der Waals surface area contributed by atoms with Gasteiger partial charge >= 0.3 is 0 Å². The average molecular weight is 141 g/mol. The normalized spacial score (nSPS) is 25.6. The minimum Gasteiger partial charge on any atom is -0.380 e. The van der Waals surface area contributed by atoms with E-state index in [1.807, 2.05) is 6.08 Å². The molecule has 0 N–H and O–H groups in total. The van der Waals surface area contributed by atoms with Crippen LogP contribution in [-0.4, -0.2) is 37.7 Å². The van der Waals surface area contributed by atoms with Crippen LogP contribution < -0.4 is 0 Å². The van der Waals surface area contributed by atoms with Gasteiger partial charge in [-0.15, -0.1) is 6.58 Å². The molecule has 1 fully saturated rings. The van der Waals surface area contributed by atoms with Crippen LogP contribution in [0.5, 0.6) is 0 Å². The van der Waals surface area contributed by atoms with Crippen molar-refractivity contribution in [1.29, 1.82) is 0 Å². The van der Waals surface area contributed by atoms with Gasteiger partial charge in [-0.1, -0.05) is 6.08 Å². The van der Waals surface area contributed by atoms with E-state index in [0.29, 0.717) is 6.04 Å². The first-order valence-electron chi connectivity index (χ1n) is 3.73. The second-order valence-corrected chi connectivity index (χ2v) is 2.75. The quantitative estimate of drug-likeness (QED) is 0.541. The van der Waals surface area contributed by atoms with Gasteiger partial charge in [-0.2, -0.15) is 0 Å². The van der Waals surface area contributed by atoms with Crippen LogP contribution in [-0.2, 0) is 4.74 Å². The van der Waals surface area contributed by atoms with Crippen LogP contribution in [0.3, 0.4) is 0 Å². The van der Waals surface area contributed by atoms with Gasteiger partial charge in [0.2, 0.25) is 0 Å². The van der Waals surface area contributed by atoms with E-state index in [2.05, 4.69) is 18.5 Å². The minimum atomic E-state index is 0.623. The van der Waals surface area contributed by atoms with Crippen molar-refractivity contribution in [2.75, 3.05) is 26.8 Å². The Bertz CT molecular complexity index is 108. The van der Waals surface area contributed by atoms with Gasteiger partial charge in [0.25, 0.3) is 0 Å². The van der Waals surface area contributed by atoms with Crippen molar-refractivity contribution in [1.82, 2.24) is 4.90 Å². The van der Waals surface area contributed by atoms with Gasteiger partial charge in [0.15, 0.2) is 0 Å². The molecule has 1 saturated heterocycles. The SMILES string of the molecule is C=CCN(C)C1CCOC1. The van der Waals surface area contributed by atoms with E-state index in [0.717, 1.165) is 19.8 Å². The summed E-state index contributed by atoms with van der Waals surface area (Å²) >= 11 is 0. The Morgan fingerprint density at radius 3 is 3.10 bits per heavy atom. The lowest BCUT2D eigenvalue weighted by atomic mass is 10.2. The van der Waals surface area contributed by atoms with Crippen LogP contribution in [0, 0.1) is 0 Å². The number of hydrogen-bond acceptors (Lipinski definition) is 2. The second kappa shape index (κ2) is 3.74. The van der Waals surface area contributed by atoms with Crippen LogP contribution in [0.15, 0.2) is 12.7 Å². The summed E-state index contributed by atoms with van der Waals surface area (Å²) in [7, 11) is 2.11. The van der Waals surface area contributed by atoms with Crippen molar-refractivity contribution >= 4 is 0 Å². The van der Waals surface area contributed by atoms with E-state index >= 15 is 0 Å². The molecule has 2 nitrogen and oxygen atoms in total. The fourth-order valence-electron chi connectivity index (χ4n) is 1.22. The summed E-state index contributed by atoms with van der Waals surface area (Å²) in [6.07, 6.45) is 3.10. The first-order chi connectivity index (χ1) is 4.84. The van der Waals surface area contributed by atoms with Gasteiger partial charge in [0.1, 0.15) is 0 Å². The van der Waals surface area contributed by atoms with Crippen LogP contribution in [0.25, 0.3) is 0 Å². The first-order valence-corrected chi connectivity index (χ1v) is 3.73. The highest BCUT2D eigenvalue weighted by molar-refractivity contribution is 4.79. The Hall–Kier alpha value is -0.340. The maximum absolute atomic E-state index is 5.25. The third-order valence-electron chi connectivity index (χ3n) is 1.95. The van der Waals surface area contributed by atoms with Gasteiger partial charge in [0.05, 0.1) is 6.61 Å². The van der Waals surface area contributed by atoms with E-state index < -0.39 is 0 Å². The molecule has 1 heterocycles. The zero-order valence-corrected chi connectivity index (χ0v) is 6.55. The van der Waals surface area contributed by atoms with E-state index in [-0.39, 0.29) is 0 Å². The van der Waals surface area contributed by atoms with Crippen LogP contribution in [0.2, 0.25) is 0 Å². The highest BCUT2D eigenvalue weighted by atomic mass is 16.5. The Labute approximate surface area is 62.5 Å². The number of rotatable bonds is 3. The molecular weight excluding hydrogens is 126 g/mol. The highest BCUT2D eigenvalue weighted by Gasteiger charge is 2.18. The Morgan fingerprint density at radius 1 is 1.80 bits per heavy atom. The zero-order valence-electron chi connectivity index (χ0n) is 6.55. The molecular formula is C8H15NO. The monoisotopic (exact) mass is 141 g/mol. The maximum Gasteiger partial charge on any atom is 0.0622 e. The molecule has 0 amide bonds. The van der Waals surface area contributed by atoms with Crippen molar-refractivity contribution in [2.24, 2.45) is 0 Å². The third kappa shape index (κ3) is 1.82. The van der Waals surface area contributed by atoms with E-state index in [9.17, 15) is 0 Å². The maximum atomic E-state index is 5.25. The van der Waals surface area contributed by atoms with Crippen LogP contribution >= 0.6 is 0 Å². The molecule has 0 spiro atoms. The Kier molecular flexibility index (Phi) is 2.90. The standard InChI is InChI=1S/C8H15NO/c1-3-5-9(2)8-4-6-10-7-8/h3,8H,1,4-7H2,2H3. The molecule has 1 aliphatic rings. The summed E-state index contributed by atoms with van der Waals surface area (Å²) in [6.45, 7) is 6.47. The number of nitrogens with zero attached hydrogens (tertiary/aromatic N) is 1. The molecule has 0 bridgehead atoms. The van der Waals surface area contributed by atoms with E-state index in [1.54, 1.807) is 0 Å². The van der Waals surface area contributed by atoms with Gasteiger partial charge in [-0.05, 0) is 13.5 Å². The van der Waals surface area contributed by atoms with E-state index in [4.69, 9.17) is 4.74 Å². The summed E-state index contributed by atoms with van der Waals surface area (Å²) in [6, 6.07) is 0.623. The molecule has 58 valence electrons. The summed E-state index contributed by atoms with van der Waals surface area (Å²) in [5, 5.41) is 0. The molecule has 1 atom stereocenters. The predicted octanol–water partition coefficient (Wildman–Crippen LogP) is 0.893. The lowest BCUT2D eigenvalue weighted by Gasteiger charge is -2.20. The lowest BCUT2D eigenvalue weighted by molar-refractivity contribution is 0.165. The molecule has 10 heavy (non-hydrogen) atoms. The smallest absolute Gasteiger partial charge is 0.0622 e. The summed E-state index contributed by atoms with van der Waals surface area (Å²) in [5.41, 5.74) is 0. The molecule has 0 saturated carbocycles. The molecule has 0 aliphatic carbocycles. The molecule has 0 radical (unpaired) electrons. The predicted molar refractivity (Wildman–Crippen MR) is 42.1 cm³/mol. The van der Waals surface area contributed by atoms with Crippen molar-refractivity contribution in [3.8, 4) is 0 Å². The van der Waals surface area contributed by atoms with E-state index in [1.165, 1.54) is 6.42 Å². The number of likely N-dealkylation sites (N-methyl/N-ethyl adjacent to an activating group) is 1. The van der Waals surface area contributed by atoms with Crippen molar-refractivity contribution in [2.45, 2.75) is 12.5 Å². The molecule has 0 aromatic carbocycles.